The molecule has 20 heteroatoms. The average molecular weight is 1690 g/mol. The summed E-state index contributed by atoms with van der Waals surface area (Å²) in [7, 11) is 0. The van der Waals surface area contributed by atoms with E-state index in [1.54, 1.807) is 0 Å². The van der Waals surface area contributed by atoms with Crippen LogP contribution in [0.15, 0.2) is 401 Å². The standard InChI is InChI=1S/C112H66N20/c1-5-25-68(26-6-1)121-86-49-48-77(63-82(86)99-79-52-57-114-66-97(79)125(107(99)121)73-34-22-36-75(61-73)128-91-43-18-20-45-93(91)132-89-41-16-14-39-85(89)120-112(128)132)126-96-65-113-56-51-78(96)98-80-53-58-116-102(105(80)129(108(98)126)70-29-9-3-10-30-70)67-59-95-104(118-64-67)101-103-94(46-24-54-115-103)124(110(101)122(95)69-27-7-2-8-28-69)76-47-50-87-83(62-76)100-81-37-23-55-117-106(81)130(71-31-11-4-12-32-71)109(100)123(87)72-33-21-35-74(60-72)127-90-42-17-19-44-92(90)131-88-40-15-13-38-84(88)119-111(127)131/h1-66H. The normalized spacial score (nSPS) is 12.4. The third kappa shape index (κ3) is 9.49. The molecule has 0 N–H and O–H groups in total. The van der Waals surface area contributed by atoms with Crippen LogP contribution in [0.3, 0.4) is 0 Å². The molecule has 0 saturated heterocycles. The fraction of sp³-hybridized carbons (Fsp3) is 0. The van der Waals surface area contributed by atoms with E-state index in [1.807, 2.05) is 55.6 Å². The van der Waals surface area contributed by atoms with Crippen molar-refractivity contribution in [1.82, 2.24) is 94.3 Å². The Balaban J connectivity index is 0.627. The molecular formula is C112H66N20. The van der Waals surface area contributed by atoms with Gasteiger partial charge < -0.3 is 0 Å². The number of imidazole rings is 4. The van der Waals surface area contributed by atoms with Crippen molar-refractivity contribution in [2.24, 2.45) is 0 Å². The van der Waals surface area contributed by atoms with Gasteiger partial charge in [0.05, 0.1) is 118 Å². The van der Waals surface area contributed by atoms with E-state index in [4.69, 9.17) is 39.9 Å². The Morgan fingerprint density at radius 3 is 1.17 bits per heavy atom. The van der Waals surface area contributed by atoms with E-state index in [2.05, 4.69) is 400 Å². The van der Waals surface area contributed by atoms with Crippen LogP contribution in [0.25, 0.3) is 256 Å². The Kier molecular flexibility index (Phi) is 14.2. The van der Waals surface area contributed by atoms with Gasteiger partial charge in [0.25, 0.3) is 0 Å². The number of pyridine rings is 6. The third-order valence-corrected chi connectivity index (χ3v) is 27.2. The molecule has 0 saturated carbocycles. The SMILES string of the molecule is c1ccc(-n2c3ccc(-n4c5cnccc5c5c6ccnc(-c7cnc8c9c%10ncccc%10n(-c%10ccc%11c(c%10)c%10c%12cccnc%12n(-c%12ccccc%12)c%10n%11-c%10cccc(-n%11c%12ccccc%12n%12c%13ccccc%13nc%11%12)c%10)c9n(-c9ccccc9)c8c7)c6n(-c6ccccc6)c54)cc3c3c4ccncc4n(-c4cccc(-n5c6ccccc6n6c7ccccc7nc56)c4)c32)cc1. The molecule has 0 spiro atoms. The molecular weight excluding hydrogens is 1630 g/mol. The minimum Gasteiger partial charge on any atom is -0.295 e. The zero-order valence-electron chi connectivity index (χ0n) is 70.0. The van der Waals surface area contributed by atoms with Gasteiger partial charge in [-0.1, -0.05) is 133 Å². The Labute approximate surface area is 746 Å². The van der Waals surface area contributed by atoms with Gasteiger partial charge in [0.15, 0.2) is 0 Å². The predicted octanol–water partition coefficient (Wildman–Crippen LogP) is 25.4. The highest BCUT2D eigenvalue weighted by Crippen LogP contribution is 2.50. The number of hydrogen-bond donors (Lipinski definition) is 0. The molecule has 30 rings (SSSR count). The predicted molar refractivity (Wildman–Crippen MR) is 530 cm³/mol. The van der Waals surface area contributed by atoms with Crippen LogP contribution >= 0.6 is 0 Å². The lowest BCUT2D eigenvalue weighted by Crippen LogP contribution is -2.04. The number of hydrogen-bond acceptors (Lipinski definition) is 8. The summed E-state index contributed by atoms with van der Waals surface area (Å²) >= 11 is 0. The summed E-state index contributed by atoms with van der Waals surface area (Å²) in [5.41, 5.74) is 32.7. The van der Waals surface area contributed by atoms with E-state index >= 15 is 0 Å². The average Bonchev–Trinajstić information content (AvgIpc) is 1.52. The Morgan fingerprint density at radius 1 is 0.197 bits per heavy atom. The van der Waals surface area contributed by atoms with Crippen molar-refractivity contribution in [2.45, 2.75) is 0 Å². The molecule has 132 heavy (non-hydrogen) atoms. The van der Waals surface area contributed by atoms with E-state index in [0.29, 0.717) is 0 Å². The first-order chi connectivity index (χ1) is 65.6. The molecule has 0 fully saturated rings. The second-order valence-electron chi connectivity index (χ2n) is 34.1. The smallest absolute Gasteiger partial charge is 0.220 e. The largest absolute Gasteiger partial charge is 0.295 e. The van der Waals surface area contributed by atoms with Crippen molar-refractivity contribution in [1.29, 1.82) is 0 Å². The number of para-hydroxylation sites is 12. The molecule has 18 heterocycles. The van der Waals surface area contributed by atoms with Gasteiger partial charge in [-0.3, -0.25) is 79.4 Å². The number of rotatable bonds is 11. The summed E-state index contributed by atoms with van der Waals surface area (Å²) in [5.74, 6) is 1.68. The van der Waals surface area contributed by atoms with Crippen LogP contribution < -0.4 is 0 Å². The zero-order valence-corrected chi connectivity index (χ0v) is 70.0. The summed E-state index contributed by atoms with van der Waals surface area (Å²) in [5, 5.41) is 10.4. The van der Waals surface area contributed by atoms with E-state index < -0.39 is 0 Å². The van der Waals surface area contributed by atoms with Crippen molar-refractivity contribution < 1.29 is 0 Å². The maximum Gasteiger partial charge on any atom is 0.220 e. The van der Waals surface area contributed by atoms with Gasteiger partial charge in [-0.15, -0.1) is 0 Å². The number of benzene rings is 12. The lowest BCUT2D eigenvalue weighted by Gasteiger charge is -2.16. The Bertz CT molecular complexity index is 10200. The summed E-state index contributed by atoms with van der Waals surface area (Å²) in [6.45, 7) is 0. The fourth-order valence-electron chi connectivity index (χ4n) is 22.0. The van der Waals surface area contributed by atoms with E-state index in [1.165, 1.54) is 0 Å². The van der Waals surface area contributed by atoms with Crippen LogP contribution in [-0.2, 0) is 0 Å². The van der Waals surface area contributed by atoms with Crippen LogP contribution in [-0.4, -0.2) is 94.3 Å². The fourth-order valence-corrected chi connectivity index (χ4v) is 22.0. The lowest BCUT2D eigenvalue weighted by atomic mass is 10.1. The van der Waals surface area contributed by atoms with Gasteiger partial charge in [0, 0.05) is 137 Å². The van der Waals surface area contributed by atoms with Crippen molar-refractivity contribution in [3.8, 4) is 68.1 Å². The van der Waals surface area contributed by atoms with Crippen molar-refractivity contribution >= 4 is 187 Å². The second-order valence-corrected chi connectivity index (χ2v) is 34.1. The number of fused-ring (bicyclic) bond motifs is 30. The molecule has 0 atom stereocenters. The summed E-state index contributed by atoms with van der Waals surface area (Å²) in [6.07, 6.45) is 15.6. The first-order valence-corrected chi connectivity index (χ1v) is 44.2. The van der Waals surface area contributed by atoms with Gasteiger partial charge in [-0.05, 0) is 218 Å². The van der Waals surface area contributed by atoms with Crippen molar-refractivity contribution in [2.75, 3.05) is 0 Å². The monoisotopic (exact) mass is 1690 g/mol. The molecule has 0 amide bonds. The molecule has 0 aliphatic heterocycles. The summed E-state index contributed by atoms with van der Waals surface area (Å²) in [4.78, 5) is 42.3. The van der Waals surface area contributed by atoms with Crippen molar-refractivity contribution in [3.63, 3.8) is 0 Å². The maximum absolute atomic E-state index is 5.71. The summed E-state index contributed by atoms with van der Waals surface area (Å²) < 4.78 is 28.3. The number of nitrogens with zero attached hydrogens (tertiary/aromatic N) is 20. The molecule has 0 bridgehead atoms. The van der Waals surface area contributed by atoms with Gasteiger partial charge in [0.2, 0.25) is 11.6 Å². The van der Waals surface area contributed by atoms with Gasteiger partial charge in [-0.2, -0.15) is 0 Å². The highest BCUT2D eigenvalue weighted by Gasteiger charge is 2.33. The van der Waals surface area contributed by atoms with Crippen LogP contribution in [0.2, 0.25) is 0 Å². The molecule has 0 aliphatic carbocycles. The summed E-state index contributed by atoms with van der Waals surface area (Å²) in [6, 6.07) is 126. The molecule has 12 aromatic carbocycles. The highest BCUT2D eigenvalue weighted by molar-refractivity contribution is 6.28. The molecule has 18 aromatic heterocycles. The van der Waals surface area contributed by atoms with Gasteiger partial charge in [0.1, 0.15) is 39.3 Å². The molecule has 0 unspecified atom stereocenters. The maximum atomic E-state index is 5.71. The van der Waals surface area contributed by atoms with Crippen LogP contribution in [0.4, 0.5) is 0 Å². The van der Waals surface area contributed by atoms with Crippen LogP contribution in [0.5, 0.6) is 0 Å². The molecule has 20 nitrogen and oxygen atoms in total. The molecule has 614 valence electrons. The van der Waals surface area contributed by atoms with Crippen LogP contribution in [0, 0.1) is 0 Å². The van der Waals surface area contributed by atoms with E-state index in [9.17, 15) is 0 Å². The lowest BCUT2D eigenvalue weighted by molar-refractivity contribution is 1.04. The molecule has 30 aromatic rings. The van der Waals surface area contributed by atoms with E-state index in [0.717, 1.165) is 256 Å². The minimum atomic E-state index is 0.765. The Morgan fingerprint density at radius 2 is 0.598 bits per heavy atom. The first-order valence-electron chi connectivity index (χ1n) is 44.2. The van der Waals surface area contributed by atoms with E-state index in [-0.39, 0.29) is 0 Å². The zero-order chi connectivity index (χ0) is 85.8. The second kappa shape index (κ2) is 26.5. The van der Waals surface area contributed by atoms with Gasteiger partial charge >= 0.3 is 0 Å². The first kappa shape index (κ1) is 70.7. The Hall–Kier alpha value is -18.6. The van der Waals surface area contributed by atoms with Crippen molar-refractivity contribution in [3.05, 3.63) is 401 Å². The van der Waals surface area contributed by atoms with Crippen LogP contribution in [0.1, 0.15) is 0 Å². The third-order valence-electron chi connectivity index (χ3n) is 27.2. The molecule has 0 aliphatic rings. The topological polar surface area (TPSA) is 161 Å². The molecule has 0 radical (unpaired) electrons. The quantitative estimate of drug-likeness (QED) is 0.124. The van der Waals surface area contributed by atoms with Gasteiger partial charge in [-0.25, -0.2) is 15.0 Å². The number of aromatic nitrogens is 20. The minimum absolute atomic E-state index is 0.765. The highest BCUT2D eigenvalue weighted by atomic mass is 15.2.